The number of esters is 1. The molecule has 0 aliphatic rings. The molecule has 0 aromatic heterocycles. The molecule has 92 valence electrons. The molecule has 0 atom stereocenters. The van der Waals surface area contributed by atoms with Gasteiger partial charge in [-0.25, -0.2) is 0 Å². The Labute approximate surface area is 106 Å². The average molecular weight is 303 g/mol. The number of rotatable bonds is 4. The van der Waals surface area contributed by atoms with Gasteiger partial charge in [-0.05, 0) is 35.0 Å². The first-order chi connectivity index (χ1) is 7.97. The first-order valence-corrected chi connectivity index (χ1v) is 5.63. The standard InChI is InChI=1S/C10H11BrN2O4/c1-2-17-9(14)5-6-8(12)4-3-7(11)10(6)13(15)16/h3-4H,2,5,12H2,1H3. The van der Waals surface area contributed by atoms with E-state index in [0.29, 0.717) is 0 Å². The zero-order valence-corrected chi connectivity index (χ0v) is 10.7. The Kier molecular flexibility index (Phi) is 4.45. The van der Waals surface area contributed by atoms with Crippen molar-refractivity contribution in [2.75, 3.05) is 12.3 Å². The molecule has 0 fully saturated rings. The molecular weight excluding hydrogens is 292 g/mol. The summed E-state index contributed by atoms with van der Waals surface area (Å²) in [6.45, 7) is 1.89. The van der Waals surface area contributed by atoms with Crippen LogP contribution in [-0.2, 0) is 16.0 Å². The number of hydrogen-bond donors (Lipinski definition) is 1. The second-order valence-corrected chi connectivity index (χ2v) is 4.06. The predicted octanol–water partition coefficient (Wildman–Crippen LogP) is 2.05. The van der Waals surface area contributed by atoms with Crippen molar-refractivity contribution in [3.63, 3.8) is 0 Å². The molecule has 1 aromatic carbocycles. The molecule has 0 amide bonds. The molecule has 1 aromatic rings. The van der Waals surface area contributed by atoms with Gasteiger partial charge in [-0.15, -0.1) is 0 Å². The van der Waals surface area contributed by atoms with Gasteiger partial charge in [0.25, 0.3) is 5.69 Å². The molecule has 0 saturated carbocycles. The van der Waals surface area contributed by atoms with E-state index in [1.54, 1.807) is 6.92 Å². The predicted molar refractivity (Wildman–Crippen MR) is 65.5 cm³/mol. The number of nitrogens with two attached hydrogens (primary N) is 1. The molecule has 0 bridgehead atoms. The van der Waals surface area contributed by atoms with Crippen molar-refractivity contribution in [2.45, 2.75) is 13.3 Å². The molecule has 1 rings (SSSR count). The molecule has 0 saturated heterocycles. The van der Waals surface area contributed by atoms with Gasteiger partial charge in [-0.1, -0.05) is 0 Å². The summed E-state index contributed by atoms with van der Waals surface area (Å²) >= 11 is 3.06. The van der Waals surface area contributed by atoms with Gasteiger partial charge in [0, 0.05) is 5.69 Å². The highest BCUT2D eigenvalue weighted by Crippen LogP contribution is 2.33. The number of carbonyl (C=O) groups is 1. The quantitative estimate of drug-likeness (QED) is 0.397. The Bertz CT molecular complexity index is 462. The van der Waals surface area contributed by atoms with Gasteiger partial charge in [-0.2, -0.15) is 0 Å². The fraction of sp³-hybridized carbons (Fsp3) is 0.300. The number of nitro benzene ring substituents is 1. The maximum Gasteiger partial charge on any atom is 0.310 e. The SMILES string of the molecule is CCOC(=O)Cc1c(N)ccc(Br)c1[N+](=O)[O-]. The Morgan fingerprint density at radius 3 is 2.76 bits per heavy atom. The van der Waals surface area contributed by atoms with Crippen LogP contribution in [0.25, 0.3) is 0 Å². The number of hydrogen-bond acceptors (Lipinski definition) is 5. The van der Waals surface area contributed by atoms with E-state index in [9.17, 15) is 14.9 Å². The fourth-order valence-corrected chi connectivity index (χ4v) is 1.88. The van der Waals surface area contributed by atoms with Crippen molar-refractivity contribution in [2.24, 2.45) is 0 Å². The zero-order valence-electron chi connectivity index (χ0n) is 9.10. The minimum absolute atomic E-state index is 0.169. The van der Waals surface area contributed by atoms with E-state index >= 15 is 0 Å². The van der Waals surface area contributed by atoms with Crippen LogP contribution in [-0.4, -0.2) is 17.5 Å². The third kappa shape index (κ3) is 3.16. The fourth-order valence-electron chi connectivity index (χ4n) is 1.36. The lowest BCUT2D eigenvalue weighted by molar-refractivity contribution is -0.386. The van der Waals surface area contributed by atoms with Crippen LogP contribution in [0.5, 0.6) is 0 Å². The van der Waals surface area contributed by atoms with Crippen LogP contribution in [0.15, 0.2) is 16.6 Å². The molecule has 0 heterocycles. The number of halogens is 1. The summed E-state index contributed by atoms with van der Waals surface area (Å²) < 4.78 is 5.03. The highest BCUT2D eigenvalue weighted by molar-refractivity contribution is 9.10. The highest BCUT2D eigenvalue weighted by atomic mass is 79.9. The molecular formula is C10H11BrN2O4. The molecule has 6 nitrogen and oxygen atoms in total. The number of nitro groups is 1. The first-order valence-electron chi connectivity index (χ1n) is 4.84. The van der Waals surface area contributed by atoms with Gasteiger partial charge in [0.05, 0.1) is 28.0 Å². The smallest absolute Gasteiger partial charge is 0.310 e. The van der Waals surface area contributed by atoms with Crippen LogP contribution in [0, 0.1) is 10.1 Å². The van der Waals surface area contributed by atoms with Crippen LogP contribution >= 0.6 is 15.9 Å². The molecule has 2 N–H and O–H groups in total. The maximum absolute atomic E-state index is 11.3. The van der Waals surface area contributed by atoms with Crippen LogP contribution in [0.2, 0.25) is 0 Å². The Morgan fingerprint density at radius 2 is 2.24 bits per heavy atom. The van der Waals surface area contributed by atoms with E-state index < -0.39 is 10.9 Å². The van der Waals surface area contributed by atoms with E-state index in [0.717, 1.165) is 0 Å². The van der Waals surface area contributed by atoms with Crippen molar-refractivity contribution in [1.29, 1.82) is 0 Å². The second kappa shape index (κ2) is 5.62. The number of anilines is 1. The Hall–Kier alpha value is -1.63. The lowest BCUT2D eigenvalue weighted by Gasteiger charge is -2.07. The van der Waals surface area contributed by atoms with Gasteiger partial charge in [0.15, 0.2) is 0 Å². The lowest BCUT2D eigenvalue weighted by Crippen LogP contribution is -2.11. The largest absolute Gasteiger partial charge is 0.466 e. The van der Waals surface area contributed by atoms with Gasteiger partial charge in [0.2, 0.25) is 0 Å². The minimum atomic E-state index is -0.574. The highest BCUT2D eigenvalue weighted by Gasteiger charge is 2.23. The van der Waals surface area contributed by atoms with E-state index in [4.69, 9.17) is 10.5 Å². The van der Waals surface area contributed by atoms with Crippen molar-refractivity contribution in [3.05, 3.63) is 32.3 Å². The number of carbonyl (C=O) groups excluding carboxylic acids is 1. The Morgan fingerprint density at radius 1 is 1.59 bits per heavy atom. The monoisotopic (exact) mass is 302 g/mol. The van der Waals surface area contributed by atoms with Gasteiger partial charge >= 0.3 is 5.97 Å². The normalized spacial score (nSPS) is 10.0. The van der Waals surface area contributed by atoms with Crippen LogP contribution < -0.4 is 5.73 Å². The first kappa shape index (κ1) is 13.4. The summed E-state index contributed by atoms with van der Waals surface area (Å²) in [5.41, 5.74) is 5.81. The van der Waals surface area contributed by atoms with Gasteiger partial charge < -0.3 is 10.5 Å². The number of nitrogen functional groups attached to an aromatic ring is 1. The van der Waals surface area contributed by atoms with Crippen LogP contribution in [0.4, 0.5) is 11.4 Å². The topological polar surface area (TPSA) is 95.5 Å². The summed E-state index contributed by atoms with van der Waals surface area (Å²) in [6.07, 6.45) is -0.213. The summed E-state index contributed by atoms with van der Waals surface area (Å²) in [5.74, 6) is -0.541. The summed E-state index contributed by atoms with van der Waals surface area (Å²) in [4.78, 5) is 21.7. The number of nitrogens with zero attached hydrogens (tertiary/aromatic N) is 1. The third-order valence-electron chi connectivity index (χ3n) is 2.08. The van der Waals surface area contributed by atoms with Crippen molar-refractivity contribution < 1.29 is 14.5 Å². The molecule has 0 unspecified atom stereocenters. The summed E-state index contributed by atoms with van der Waals surface area (Å²) in [7, 11) is 0. The van der Waals surface area contributed by atoms with E-state index in [2.05, 4.69) is 15.9 Å². The molecule has 0 spiro atoms. The van der Waals surface area contributed by atoms with E-state index in [-0.39, 0.29) is 34.4 Å². The second-order valence-electron chi connectivity index (χ2n) is 3.20. The number of benzene rings is 1. The van der Waals surface area contributed by atoms with Crippen molar-refractivity contribution in [3.8, 4) is 0 Å². The summed E-state index contributed by atoms with van der Waals surface area (Å²) in [5, 5.41) is 10.9. The Balaban J connectivity index is 3.16. The zero-order chi connectivity index (χ0) is 13.0. The molecule has 0 aliphatic heterocycles. The minimum Gasteiger partial charge on any atom is -0.466 e. The van der Waals surface area contributed by atoms with Gasteiger partial charge in [-0.3, -0.25) is 14.9 Å². The molecule has 17 heavy (non-hydrogen) atoms. The summed E-state index contributed by atoms with van der Waals surface area (Å²) in [6, 6.07) is 2.98. The average Bonchev–Trinajstić information content (AvgIpc) is 2.23. The molecule has 0 aliphatic carbocycles. The number of ether oxygens (including phenoxy) is 1. The van der Waals surface area contributed by atoms with E-state index in [1.165, 1.54) is 12.1 Å². The maximum atomic E-state index is 11.3. The van der Waals surface area contributed by atoms with Crippen LogP contribution in [0.1, 0.15) is 12.5 Å². The van der Waals surface area contributed by atoms with Crippen molar-refractivity contribution >= 4 is 33.3 Å². The third-order valence-corrected chi connectivity index (χ3v) is 2.72. The lowest BCUT2D eigenvalue weighted by atomic mass is 10.1. The van der Waals surface area contributed by atoms with E-state index in [1.807, 2.05) is 0 Å². The molecule has 7 heteroatoms. The molecule has 0 radical (unpaired) electrons. The van der Waals surface area contributed by atoms with Gasteiger partial charge in [0.1, 0.15) is 0 Å². The van der Waals surface area contributed by atoms with Crippen LogP contribution in [0.3, 0.4) is 0 Å². The van der Waals surface area contributed by atoms with Crippen molar-refractivity contribution in [1.82, 2.24) is 0 Å².